The SMILES string of the molecule is CC(C)c1nccc2c1CCCS2. The summed E-state index contributed by atoms with van der Waals surface area (Å²) < 4.78 is 0. The summed E-state index contributed by atoms with van der Waals surface area (Å²) in [7, 11) is 0. The van der Waals surface area contributed by atoms with Crippen molar-refractivity contribution in [2.24, 2.45) is 0 Å². The van der Waals surface area contributed by atoms with Crippen LogP contribution in [0.3, 0.4) is 0 Å². The first-order valence-electron chi connectivity index (χ1n) is 4.89. The average molecular weight is 193 g/mol. The van der Waals surface area contributed by atoms with E-state index < -0.39 is 0 Å². The molecule has 13 heavy (non-hydrogen) atoms. The van der Waals surface area contributed by atoms with E-state index >= 15 is 0 Å². The van der Waals surface area contributed by atoms with Crippen molar-refractivity contribution in [3.63, 3.8) is 0 Å². The summed E-state index contributed by atoms with van der Waals surface area (Å²) in [4.78, 5) is 5.94. The van der Waals surface area contributed by atoms with Gasteiger partial charge in [0, 0.05) is 16.8 Å². The molecule has 0 spiro atoms. The minimum atomic E-state index is 0.564. The summed E-state index contributed by atoms with van der Waals surface area (Å²) in [6.07, 6.45) is 4.49. The standard InChI is InChI=1S/C11H15NS/c1-8(2)11-9-4-3-7-13-10(9)5-6-12-11/h5-6,8H,3-4,7H2,1-2H3. The number of hydrogen-bond donors (Lipinski definition) is 0. The largest absolute Gasteiger partial charge is 0.261 e. The molecule has 0 unspecified atom stereocenters. The van der Waals surface area contributed by atoms with Gasteiger partial charge in [0.2, 0.25) is 0 Å². The molecule has 0 amide bonds. The number of nitrogens with zero attached hydrogens (tertiary/aromatic N) is 1. The van der Waals surface area contributed by atoms with E-state index in [1.807, 2.05) is 18.0 Å². The fourth-order valence-electron chi connectivity index (χ4n) is 1.81. The van der Waals surface area contributed by atoms with Crippen LogP contribution in [-0.4, -0.2) is 10.7 Å². The number of rotatable bonds is 1. The fourth-order valence-corrected chi connectivity index (χ4v) is 2.85. The van der Waals surface area contributed by atoms with E-state index in [9.17, 15) is 0 Å². The normalized spacial score (nSPS) is 15.9. The number of fused-ring (bicyclic) bond motifs is 1. The van der Waals surface area contributed by atoms with Gasteiger partial charge in [-0.15, -0.1) is 11.8 Å². The van der Waals surface area contributed by atoms with Gasteiger partial charge in [-0.05, 0) is 36.1 Å². The van der Waals surface area contributed by atoms with Gasteiger partial charge in [-0.3, -0.25) is 4.98 Å². The predicted octanol–water partition coefficient (Wildman–Crippen LogP) is 3.24. The molecule has 1 aromatic heterocycles. The van der Waals surface area contributed by atoms with Crippen molar-refractivity contribution in [2.75, 3.05) is 5.75 Å². The molecule has 1 nitrogen and oxygen atoms in total. The Kier molecular flexibility index (Phi) is 2.58. The van der Waals surface area contributed by atoms with Crippen LogP contribution in [0.15, 0.2) is 17.2 Å². The zero-order valence-corrected chi connectivity index (χ0v) is 9.03. The monoisotopic (exact) mass is 193 g/mol. The van der Waals surface area contributed by atoms with Gasteiger partial charge in [0.1, 0.15) is 0 Å². The molecule has 1 aliphatic heterocycles. The zero-order chi connectivity index (χ0) is 9.26. The van der Waals surface area contributed by atoms with E-state index in [1.54, 1.807) is 0 Å². The first kappa shape index (κ1) is 9.07. The van der Waals surface area contributed by atoms with Gasteiger partial charge in [0.25, 0.3) is 0 Å². The van der Waals surface area contributed by atoms with Crippen LogP contribution in [0.5, 0.6) is 0 Å². The molecule has 0 saturated heterocycles. The van der Waals surface area contributed by atoms with E-state index in [2.05, 4.69) is 24.9 Å². The van der Waals surface area contributed by atoms with Gasteiger partial charge >= 0.3 is 0 Å². The molecular weight excluding hydrogens is 178 g/mol. The molecule has 2 heteroatoms. The maximum atomic E-state index is 4.48. The Morgan fingerprint density at radius 1 is 1.46 bits per heavy atom. The highest BCUT2D eigenvalue weighted by atomic mass is 32.2. The minimum absolute atomic E-state index is 0.564. The number of hydrogen-bond acceptors (Lipinski definition) is 2. The molecule has 0 aliphatic carbocycles. The summed E-state index contributed by atoms with van der Waals surface area (Å²) in [6.45, 7) is 4.45. The summed E-state index contributed by atoms with van der Waals surface area (Å²) in [5, 5.41) is 0. The second-order valence-corrected chi connectivity index (χ2v) is 4.92. The second-order valence-electron chi connectivity index (χ2n) is 3.78. The Balaban J connectivity index is 2.46. The Morgan fingerprint density at radius 2 is 2.31 bits per heavy atom. The molecular formula is C11H15NS. The van der Waals surface area contributed by atoms with E-state index in [1.165, 1.54) is 34.7 Å². The van der Waals surface area contributed by atoms with Crippen LogP contribution in [0.2, 0.25) is 0 Å². The lowest BCUT2D eigenvalue weighted by Gasteiger charge is -2.19. The molecule has 0 fully saturated rings. The van der Waals surface area contributed by atoms with Crippen molar-refractivity contribution in [3.8, 4) is 0 Å². The Morgan fingerprint density at radius 3 is 3.08 bits per heavy atom. The lowest BCUT2D eigenvalue weighted by molar-refractivity contribution is 0.763. The maximum Gasteiger partial charge on any atom is 0.0472 e. The van der Waals surface area contributed by atoms with Crippen molar-refractivity contribution in [1.82, 2.24) is 4.98 Å². The van der Waals surface area contributed by atoms with Crippen LogP contribution in [0, 0.1) is 0 Å². The van der Waals surface area contributed by atoms with Gasteiger partial charge in [-0.25, -0.2) is 0 Å². The predicted molar refractivity (Wildman–Crippen MR) is 57.4 cm³/mol. The van der Waals surface area contributed by atoms with E-state index in [0.717, 1.165) is 0 Å². The number of pyridine rings is 1. The highest BCUT2D eigenvalue weighted by molar-refractivity contribution is 7.99. The molecule has 0 atom stereocenters. The van der Waals surface area contributed by atoms with Crippen LogP contribution < -0.4 is 0 Å². The Labute approximate surface area is 84.0 Å². The first-order chi connectivity index (χ1) is 6.29. The molecule has 2 heterocycles. The van der Waals surface area contributed by atoms with Crippen LogP contribution >= 0.6 is 11.8 Å². The van der Waals surface area contributed by atoms with Gasteiger partial charge in [0.05, 0.1) is 0 Å². The third-order valence-electron chi connectivity index (χ3n) is 2.42. The molecule has 70 valence electrons. The molecule has 0 bridgehead atoms. The van der Waals surface area contributed by atoms with Gasteiger partial charge < -0.3 is 0 Å². The van der Waals surface area contributed by atoms with Gasteiger partial charge in [-0.2, -0.15) is 0 Å². The molecule has 0 saturated carbocycles. The van der Waals surface area contributed by atoms with Crippen molar-refractivity contribution in [1.29, 1.82) is 0 Å². The van der Waals surface area contributed by atoms with Crippen molar-refractivity contribution < 1.29 is 0 Å². The van der Waals surface area contributed by atoms with E-state index in [0.29, 0.717) is 5.92 Å². The van der Waals surface area contributed by atoms with Crippen LogP contribution in [0.4, 0.5) is 0 Å². The number of thioether (sulfide) groups is 1. The highest BCUT2D eigenvalue weighted by Gasteiger charge is 2.15. The third-order valence-corrected chi connectivity index (χ3v) is 3.61. The van der Waals surface area contributed by atoms with Crippen LogP contribution in [0.1, 0.15) is 37.4 Å². The third kappa shape index (κ3) is 1.73. The molecule has 0 radical (unpaired) electrons. The van der Waals surface area contributed by atoms with Crippen LogP contribution in [0.25, 0.3) is 0 Å². The molecule has 1 aromatic rings. The number of aromatic nitrogens is 1. The van der Waals surface area contributed by atoms with Crippen LogP contribution in [-0.2, 0) is 6.42 Å². The Hall–Kier alpha value is -0.500. The summed E-state index contributed by atoms with van der Waals surface area (Å²) >= 11 is 1.98. The molecule has 2 rings (SSSR count). The van der Waals surface area contributed by atoms with E-state index in [-0.39, 0.29) is 0 Å². The smallest absolute Gasteiger partial charge is 0.0472 e. The zero-order valence-electron chi connectivity index (χ0n) is 8.21. The van der Waals surface area contributed by atoms with Gasteiger partial charge in [-0.1, -0.05) is 13.8 Å². The quantitative estimate of drug-likeness (QED) is 0.679. The van der Waals surface area contributed by atoms with Crippen molar-refractivity contribution in [3.05, 3.63) is 23.5 Å². The van der Waals surface area contributed by atoms with Gasteiger partial charge in [0.15, 0.2) is 0 Å². The molecule has 0 aromatic carbocycles. The second kappa shape index (κ2) is 3.70. The lowest BCUT2D eigenvalue weighted by Crippen LogP contribution is -2.06. The highest BCUT2D eigenvalue weighted by Crippen LogP contribution is 2.33. The molecule has 1 aliphatic rings. The lowest BCUT2D eigenvalue weighted by atomic mass is 10.0. The fraction of sp³-hybridized carbons (Fsp3) is 0.545. The van der Waals surface area contributed by atoms with E-state index in [4.69, 9.17) is 0 Å². The average Bonchev–Trinajstić information content (AvgIpc) is 2.17. The van der Waals surface area contributed by atoms with Crippen molar-refractivity contribution in [2.45, 2.75) is 37.5 Å². The topological polar surface area (TPSA) is 12.9 Å². The maximum absolute atomic E-state index is 4.48. The Bertz CT molecular complexity index is 307. The van der Waals surface area contributed by atoms with Crippen molar-refractivity contribution >= 4 is 11.8 Å². The summed E-state index contributed by atoms with van der Waals surface area (Å²) in [5.41, 5.74) is 2.82. The minimum Gasteiger partial charge on any atom is -0.261 e. The first-order valence-corrected chi connectivity index (χ1v) is 5.88. The summed E-state index contributed by atoms with van der Waals surface area (Å²) in [5.74, 6) is 1.84. The summed E-state index contributed by atoms with van der Waals surface area (Å²) in [6, 6.07) is 2.16. The molecule has 0 N–H and O–H groups in total.